The zero-order chi connectivity index (χ0) is 22.5. The average Bonchev–Trinajstić information content (AvgIpc) is 2.64. The van der Waals surface area contributed by atoms with Gasteiger partial charge in [0.2, 0.25) is 0 Å². The molecule has 1 aliphatic carbocycles. The molecule has 0 heterocycles. The molecule has 0 aromatic heterocycles. The van der Waals surface area contributed by atoms with Crippen LogP contribution >= 0.6 is 0 Å². The van der Waals surface area contributed by atoms with Crippen LogP contribution in [-0.4, -0.2) is 26.0 Å². The van der Waals surface area contributed by atoms with E-state index in [4.69, 9.17) is 4.74 Å². The fraction of sp³-hybridized carbons (Fsp3) is 0.667. The van der Waals surface area contributed by atoms with Gasteiger partial charge in [0.25, 0.3) is 0 Å². The van der Waals surface area contributed by atoms with Crippen molar-refractivity contribution < 1.29 is 35.3 Å². The molecule has 1 saturated carbocycles. The van der Waals surface area contributed by atoms with Gasteiger partial charge in [0, 0.05) is 6.42 Å². The van der Waals surface area contributed by atoms with Gasteiger partial charge in [-0.3, -0.25) is 8.98 Å². The Morgan fingerprint density at radius 2 is 1.80 bits per heavy atom. The van der Waals surface area contributed by atoms with Crippen LogP contribution < -0.4 is 0 Å². The van der Waals surface area contributed by atoms with Crippen molar-refractivity contribution >= 4 is 16.1 Å². The molecular formula is C21H29F3O5S. The fourth-order valence-corrected chi connectivity index (χ4v) is 4.49. The summed E-state index contributed by atoms with van der Waals surface area (Å²) in [6.07, 6.45) is 0.602. The standard InChI is InChI=1S/C21H29F3O5S/c1-14(2)17-10-9-15(3)13-19(17)28-20(25)12-11-18(16-7-5-4-6-8-16)29-30(26,27)21(22,23)24/h4-8,14-15,17-19H,9-13H2,1-3H3. The second-order valence-electron chi connectivity index (χ2n) is 8.29. The topological polar surface area (TPSA) is 69.7 Å². The first-order valence-corrected chi connectivity index (χ1v) is 11.6. The molecule has 1 aromatic rings. The second kappa shape index (κ2) is 10.1. The van der Waals surface area contributed by atoms with Gasteiger partial charge in [-0.1, -0.05) is 57.5 Å². The lowest BCUT2D eigenvalue weighted by molar-refractivity contribution is -0.156. The molecule has 1 aromatic carbocycles. The number of rotatable bonds is 8. The third-order valence-electron chi connectivity index (χ3n) is 5.55. The van der Waals surface area contributed by atoms with E-state index in [-0.39, 0.29) is 30.4 Å². The number of halogens is 3. The number of carbonyl (C=O) groups excluding carboxylic acids is 1. The maximum Gasteiger partial charge on any atom is 0.523 e. The van der Waals surface area contributed by atoms with Gasteiger partial charge in [0.15, 0.2) is 0 Å². The van der Waals surface area contributed by atoms with Gasteiger partial charge in [-0.15, -0.1) is 0 Å². The molecule has 1 aliphatic rings. The van der Waals surface area contributed by atoms with Crippen LogP contribution in [0.25, 0.3) is 0 Å². The van der Waals surface area contributed by atoms with Gasteiger partial charge in [-0.2, -0.15) is 21.6 Å². The number of ether oxygens (including phenoxy) is 1. The molecule has 1 fully saturated rings. The Bertz CT molecular complexity index is 793. The molecule has 9 heteroatoms. The zero-order valence-electron chi connectivity index (χ0n) is 17.4. The van der Waals surface area contributed by atoms with Gasteiger partial charge in [-0.25, -0.2) is 0 Å². The minimum Gasteiger partial charge on any atom is -0.462 e. The van der Waals surface area contributed by atoms with Crippen molar-refractivity contribution in [2.45, 2.75) is 70.6 Å². The van der Waals surface area contributed by atoms with Gasteiger partial charge in [0.1, 0.15) is 12.2 Å². The Labute approximate surface area is 176 Å². The maximum atomic E-state index is 12.8. The molecule has 0 N–H and O–H groups in total. The Morgan fingerprint density at radius 3 is 2.37 bits per heavy atom. The SMILES string of the molecule is CC1CCC(C(C)C)C(OC(=O)CCC(OS(=O)(=O)C(F)(F)F)c2ccccc2)C1. The maximum absolute atomic E-state index is 12.8. The molecule has 2 rings (SSSR count). The first-order valence-electron chi connectivity index (χ1n) is 10.1. The molecule has 0 amide bonds. The summed E-state index contributed by atoms with van der Waals surface area (Å²) in [4.78, 5) is 12.4. The van der Waals surface area contributed by atoms with Crippen molar-refractivity contribution in [2.75, 3.05) is 0 Å². The Hall–Kier alpha value is -1.61. The van der Waals surface area contributed by atoms with Crippen molar-refractivity contribution in [1.29, 1.82) is 0 Å². The van der Waals surface area contributed by atoms with Crippen LogP contribution in [0.1, 0.15) is 64.5 Å². The summed E-state index contributed by atoms with van der Waals surface area (Å²) in [5.41, 5.74) is -5.30. The van der Waals surface area contributed by atoms with Crippen molar-refractivity contribution in [2.24, 2.45) is 17.8 Å². The Morgan fingerprint density at radius 1 is 1.17 bits per heavy atom. The molecule has 0 bridgehead atoms. The lowest BCUT2D eigenvalue weighted by Crippen LogP contribution is -2.36. The predicted molar refractivity (Wildman–Crippen MR) is 106 cm³/mol. The van der Waals surface area contributed by atoms with Gasteiger partial charge >= 0.3 is 21.6 Å². The fourth-order valence-electron chi connectivity index (χ4n) is 3.87. The number of carbonyl (C=O) groups is 1. The van der Waals surface area contributed by atoms with Crippen molar-refractivity contribution in [3.63, 3.8) is 0 Å². The summed E-state index contributed by atoms with van der Waals surface area (Å²) >= 11 is 0. The molecule has 0 aliphatic heterocycles. The van der Waals surface area contributed by atoms with Crippen LogP contribution in [0.15, 0.2) is 30.3 Å². The van der Waals surface area contributed by atoms with Crippen LogP contribution in [0.3, 0.4) is 0 Å². The van der Waals surface area contributed by atoms with E-state index in [0.717, 1.165) is 19.3 Å². The van der Waals surface area contributed by atoms with Gasteiger partial charge in [0.05, 0.1) is 0 Å². The third kappa shape index (κ3) is 6.70. The summed E-state index contributed by atoms with van der Waals surface area (Å²) in [6, 6.07) is 7.67. The van der Waals surface area contributed by atoms with Gasteiger partial charge < -0.3 is 4.74 Å². The second-order valence-corrected chi connectivity index (χ2v) is 9.85. The first kappa shape index (κ1) is 24.7. The molecule has 0 radical (unpaired) electrons. The lowest BCUT2D eigenvalue weighted by Gasteiger charge is -2.36. The number of alkyl halides is 3. The van der Waals surface area contributed by atoms with E-state index >= 15 is 0 Å². The summed E-state index contributed by atoms with van der Waals surface area (Å²) in [7, 11) is -5.80. The molecule has 4 unspecified atom stereocenters. The van der Waals surface area contributed by atoms with E-state index in [1.54, 1.807) is 18.2 Å². The van der Waals surface area contributed by atoms with Crippen LogP contribution in [0.4, 0.5) is 13.2 Å². The first-order chi connectivity index (χ1) is 13.9. The lowest BCUT2D eigenvalue weighted by atomic mass is 9.75. The summed E-state index contributed by atoms with van der Waals surface area (Å²) in [5, 5.41) is 0. The van der Waals surface area contributed by atoms with Crippen LogP contribution in [-0.2, 0) is 23.8 Å². The average molecular weight is 451 g/mol. The number of benzene rings is 1. The zero-order valence-corrected chi connectivity index (χ0v) is 18.2. The quantitative estimate of drug-likeness (QED) is 0.302. The van der Waals surface area contributed by atoms with E-state index < -0.39 is 27.7 Å². The van der Waals surface area contributed by atoms with Crippen molar-refractivity contribution in [3.05, 3.63) is 35.9 Å². The van der Waals surface area contributed by atoms with Crippen LogP contribution in [0.5, 0.6) is 0 Å². The van der Waals surface area contributed by atoms with E-state index in [2.05, 4.69) is 25.0 Å². The molecule has 4 atom stereocenters. The smallest absolute Gasteiger partial charge is 0.462 e. The molecule has 5 nitrogen and oxygen atoms in total. The van der Waals surface area contributed by atoms with E-state index in [1.807, 2.05) is 0 Å². The monoisotopic (exact) mass is 450 g/mol. The van der Waals surface area contributed by atoms with E-state index in [9.17, 15) is 26.4 Å². The number of esters is 1. The highest BCUT2D eigenvalue weighted by molar-refractivity contribution is 7.87. The predicted octanol–water partition coefficient (Wildman–Crippen LogP) is 5.38. The highest BCUT2D eigenvalue weighted by atomic mass is 32.2. The Kier molecular flexibility index (Phi) is 8.33. The minimum absolute atomic E-state index is 0.233. The molecule has 30 heavy (non-hydrogen) atoms. The van der Waals surface area contributed by atoms with Crippen molar-refractivity contribution in [3.8, 4) is 0 Å². The number of hydrogen-bond donors (Lipinski definition) is 0. The highest BCUT2D eigenvalue weighted by Gasteiger charge is 2.48. The van der Waals surface area contributed by atoms with E-state index in [0.29, 0.717) is 11.8 Å². The van der Waals surface area contributed by atoms with Crippen LogP contribution in [0.2, 0.25) is 0 Å². The third-order valence-corrected chi connectivity index (χ3v) is 6.61. The Balaban J connectivity index is 2.06. The number of hydrogen-bond acceptors (Lipinski definition) is 5. The molecule has 170 valence electrons. The van der Waals surface area contributed by atoms with Gasteiger partial charge in [-0.05, 0) is 42.6 Å². The molecule has 0 saturated heterocycles. The summed E-state index contributed by atoms with van der Waals surface area (Å²) in [5.74, 6) is 0.438. The minimum atomic E-state index is -5.80. The molecular weight excluding hydrogens is 421 g/mol. The highest BCUT2D eigenvalue weighted by Crippen LogP contribution is 2.36. The van der Waals surface area contributed by atoms with Crippen molar-refractivity contribution in [1.82, 2.24) is 0 Å². The summed E-state index contributed by atoms with van der Waals surface area (Å²) in [6.45, 7) is 6.24. The largest absolute Gasteiger partial charge is 0.523 e. The van der Waals surface area contributed by atoms with Crippen LogP contribution in [0, 0.1) is 17.8 Å². The summed E-state index contributed by atoms with van der Waals surface area (Å²) < 4.78 is 71.4. The normalized spacial score (nSPS) is 23.9. The molecule has 0 spiro atoms. The van der Waals surface area contributed by atoms with E-state index in [1.165, 1.54) is 12.1 Å².